The summed E-state index contributed by atoms with van der Waals surface area (Å²) in [6, 6.07) is 9.45. The standard InChI is InChI=1S/C20H30N2O2/c23-14-18-13-22(19-9-15-3-1-2-4-16(15)10-19)12-17(18)11-21-7-5-20(24)6-8-21/h1-4,17-20,23-24H,5-14H2/t17-,18-/m1/s1. The van der Waals surface area contributed by atoms with Gasteiger partial charge in [-0.05, 0) is 48.6 Å². The first kappa shape index (κ1) is 16.5. The first-order chi connectivity index (χ1) is 11.7. The number of hydrogen-bond donors (Lipinski definition) is 2. The Kier molecular flexibility index (Phi) is 4.90. The second kappa shape index (κ2) is 7.12. The first-order valence-electron chi connectivity index (χ1n) is 9.55. The lowest BCUT2D eigenvalue weighted by Crippen LogP contribution is -2.41. The van der Waals surface area contributed by atoms with E-state index in [1.54, 1.807) is 0 Å². The highest BCUT2D eigenvalue weighted by molar-refractivity contribution is 5.33. The fourth-order valence-electron chi connectivity index (χ4n) is 4.91. The molecule has 0 unspecified atom stereocenters. The van der Waals surface area contributed by atoms with Gasteiger partial charge in [0, 0.05) is 45.4 Å². The number of benzene rings is 1. The van der Waals surface area contributed by atoms with Crippen molar-refractivity contribution in [2.24, 2.45) is 11.8 Å². The fraction of sp³-hybridized carbons (Fsp3) is 0.700. The van der Waals surface area contributed by atoms with E-state index in [4.69, 9.17) is 0 Å². The zero-order valence-electron chi connectivity index (χ0n) is 14.5. The highest BCUT2D eigenvalue weighted by Gasteiger charge is 2.38. The Morgan fingerprint density at radius 2 is 1.58 bits per heavy atom. The lowest BCUT2D eigenvalue weighted by atomic mass is 9.95. The van der Waals surface area contributed by atoms with Gasteiger partial charge in [0.2, 0.25) is 0 Å². The highest BCUT2D eigenvalue weighted by atomic mass is 16.3. The van der Waals surface area contributed by atoms with E-state index in [9.17, 15) is 10.2 Å². The minimum Gasteiger partial charge on any atom is -0.396 e. The molecule has 1 aliphatic carbocycles. The molecule has 0 aromatic heterocycles. The average Bonchev–Trinajstić information content (AvgIpc) is 3.20. The van der Waals surface area contributed by atoms with Gasteiger partial charge in [-0.15, -0.1) is 0 Å². The Balaban J connectivity index is 1.36. The van der Waals surface area contributed by atoms with E-state index in [1.165, 1.54) is 11.1 Å². The average molecular weight is 330 g/mol. The van der Waals surface area contributed by atoms with E-state index in [2.05, 4.69) is 34.1 Å². The van der Waals surface area contributed by atoms with E-state index in [1.807, 2.05) is 0 Å². The monoisotopic (exact) mass is 330 g/mol. The molecule has 0 spiro atoms. The van der Waals surface area contributed by atoms with Crippen LogP contribution in [0.25, 0.3) is 0 Å². The highest BCUT2D eigenvalue weighted by Crippen LogP contribution is 2.32. The largest absolute Gasteiger partial charge is 0.396 e. The molecule has 0 amide bonds. The van der Waals surface area contributed by atoms with Crippen molar-refractivity contribution in [3.8, 4) is 0 Å². The van der Waals surface area contributed by atoms with E-state index in [0.29, 0.717) is 24.5 Å². The van der Waals surface area contributed by atoms with Crippen molar-refractivity contribution < 1.29 is 10.2 Å². The van der Waals surface area contributed by atoms with Crippen LogP contribution in [0.2, 0.25) is 0 Å². The van der Waals surface area contributed by atoms with Gasteiger partial charge >= 0.3 is 0 Å². The lowest BCUT2D eigenvalue weighted by molar-refractivity contribution is 0.0683. The quantitative estimate of drug-likeness (QED) is 0.869. The van der Waals surface area contributed by atoms with Gasteiger partial charge in [-0.1, -0.05) is 24.3 Å². The summed E-state index contributed by atoms with van der Waals surface area (Å²) < 4.78 is 0. The lowest BCUT2D eigenvalue weighted by Gasteiger charge is -2.32. The van der Waals surface area contributed by atoms with Gasteiger partial charge in [-0.3, -0.25) is 4.90 Å². The predicted molar refractivity (Wildman–Crippen MR) is 95.0 cm³/mol. The molecule has 1 aromatic rings. The molecule has 0 saturated carbocycles. The Hall–Kier alpha value is -0.940. The molecule has 24 heavy (non-hydrogen) atoms. The van der Waals surface area contributed by atoms with Crippen LogP contribution >= 0.6 is 0 Å². The Morgan fingerprint density at radius 3 is 2.21 bits per heavy atom. The third-order valence-corrected chi connectivity index (χ3v) is 6.43. The summed E-state index contributed by atoms with van der Waals surface area (Å²) in [6.07, 6.45) is 4.02. The molecule has 2 fully saturated rings. The zero-order chi connectivity index (χ0) is 16.5. The van der Waals surface area contributed by atoms with E-state index < -0.39 is 0 Å². The Morgan fingerprint density at radius 1 is 0.958 bits per heavy atom. The number of likely N-dealkylation sites (tertiary alicyclic amines) is 2. The van der Waals surface area contributed by atoms with Crippen LogP contribution in [0.15, 0.2) is 24.3 Å². The van der Waals surface area contributed by atoms with Crippen LogP contribution in [0.4, 0.5) is 0 Å². The molecule has 4 rings (SSSR count). The van der Waals surface area contributed by atoms with Gasteiger partial charge in [0.15, 0.2) is 0 Å². The van der Waals surface area contributed by atoms with Crippen LogP contribution in [0, 0.1) is 11.8 Å². The van der Waals surface area contributed by atoms with Gasteiger partial charge in [-0.2, -0.15) is 0 Å². The summed E-state index contributed by atoms with van der Waals surface area (Å²) in [5.74, 6) is 0.967. The third kappa shape index (κ3) is 3.38. The minimum absolute atomic E-state index is 0.105. The van der Waals surface area contributed by atoms with Gasteiger partial charge in [0.05, 0.1) is 6.10 Å². The Labute approximate surface area is 145 Å². The van der Waals surface area contributed by atoms with Crippen LogP contribution in [0.5, 0.6) is 0 Å². The van der Waals surface area contributed by atoms with E-state index in [0.717, 1.165) is 58.4 Å². The van der Waals surface area contributed by atoms with Crippen molar-refractivity contribution in [3.05, 3.63) is 35.4 Å². The molecule has 0 radical (unpaired) electrons. The normalized spacial score (nSPS) is 30.1. The molecule has 3 aliphatic rings. The summed E-state index contributed by atoms with van der Waals surface area (Å²) in [4.78, 5) is 5.12. The molecule has 2 N–H and O–H groups in total. The van der Waals surface area contributed by atoms with Crippen molar-refractivity contribution in [1.29, 1.82) is 0 Å². The number of hydrogen-bond acceptors (Lipinski definition) is 4. The van der Waals surface area contributed by atoms with Crippen molar-refractivity contribution in [2.75, 3.05) is 39.3 Å². The fourth-order valence-corrected chi connectivity index (χ4v) is 4.91. The number of aliphatic hydroxyl groups excluding tert-OH is 2. The van der Waals surface area contributed by atoms with Crippen molar-refractivity contribution in [2.45, 2.75) is 37.8 Å². The molecule has 4 heteroatoms. The minimum atomic E-state index is -0.105. The Bertz CT molecular complexity index is 531. The molecular formula is C20H30N2O2. The first-order valence-corrected chi connectivity index (χ1v) is 9.55. The third-order valence-electron chi connectivity index (χ3n) is 6.43. The van der Waals surface area contributed by atoms with Crippen molar-refractivity contribution in [3.63, 3.8) is 0 Å². The molecule has 132 valence electrons. The second-order valence-corrected chi connectivity index (χ2v) is 8.02. The maximum atomic E-state index is 9.86. The number of piperidine rings is 1. The number of nitrogens with zero attached hydrogens (tertiary/aromatic N) is 2. The maximum absolute atomic E-state index is 9.86. The summed E-state index contributed by atoms with van der Waals surface area (Å²) in [5.41, 5.74) is 3.02. The molecular weight excluding hydrogens is 300 g/mol. The molecule has 2 heterocycles. The van der Waals surface area contributed by atoms with Crippen LogP contribution < -0.4 is 0 Å². The van der Waals surface area contributed by atoms with Gasteiger partial charge in [0.1, 0.15) is 0 Å². The SMILES string of the molecule is OC[C@H]1CN(C2Cc3ccccc3C2)C[C@H]1CN1CCC(O)CC1. The van der Waals surface area contributed by atoms with Crippen LogP contribution in [-0.2, 0) is 12.8 Å². The van der Waals surface area contributed by atoms with Gasteiger partial charge < -0.3 is 15.1 Å². The summed E-state index contributed by atoms with van der Waals surface area (Å²) in [7, 11) is 0. The summed E-state index contributed by atoms with van der Waals surface area (Å²) in [5, 5.41) is 19.5. The maximum Gasteiger partial charge on any atom is 0.0564 e. The zero-order valence-corrected chi connectivity index (χ0v) is 14.5. The smallest absolute Gasteiger partial charge is 0.0564 e. The second-order valence-electron chi connectivity index (χ2n) is 8.02. The van der Waals surface area contributed by atoms with E-state index in [-0.39, 0.29) is 6.10 Å². The van der Waals surface area contributed by atoms with E-state index >= 15 is 0 Å². The molecule has 4 nitrogen and oxygen atoms in total. The molecule has 1 aromatic carbocycles. The molecule has 2 saturated heterocycles. The van der Waals surface area contributed by atoms with Crippen LogP contribution in [-0.4, -0.2) is 71.5 Å². The van der Waals surface area contributed by atoms with Crippen molar-refractivity contribution in [1.82, 2.24) is 9.80 Å². The summed E-state index contributed by atoms with van der Waals surface area (Å²) >= 11 is 0. The molecule has 2 aliphatic heterocycles. The van der Waals surface area contributed by atoms with Crippen LogP contribution in [0.1, 0.15) is 24.0 Å². The topological polar surface area (TPSA) is 46.9 Å². The van der Waals surface area contributed by atoms with Crippen molar-refractivity contribution >= 4 is 0 Å². The predicted octanol–water partition coefficient (Wildman–Crippen LogP) is 1.15. The van der Waals surface area contributed by atoms with Crippen LogP contribution in [0.3, 0.4) is 0 Å². The van der Waals surface area contributed by atoms with Gasteiger partial charge in [0.25, 0.3) is 0 Å². The number of aliphatic hydroxyl groups is 2. The number of fused-ring (bicyclic) bond motifs is 1. The molecule has 2 atom stereocenters. The van der Waals surface area contributed by atoms with Gasteiger partial charge in [-0.25, -0.2) is 0 Å². The molecule has 0 bridgehead atoms. The number of rotatable bonds is 4. The summed E-state index contributed by atoms with van der Waals surface area (Å²) in [6.45, 7) is 5.54.